The van der Waals surface area contributed by atoms with Crippen LogP contribution in [0, 0.1) is 0 Å². The lowest BCUT2D eigenvalue weighted by Crippen LogP contribution is -2.29. The molecule has 88 valence electrons. The predicted molar refractivity (Wildman–Crippen MR) is 65.3 cm³/mol. The first kappa shape index (κ1) is 13.1. The minimum Gasteiger partial charge on any atom is -0.477 e. The monoisotopic (exact) mass is 259 g/mol. The third-order valence-corrected chi connectivity index (χ3v) is 4.02. The standard InChI is InChI=1S/C10H13NO3S2/c1-6(9(12)11(2)3)16-7-4-8(10(13)14)15-5-7/h4-6H,1-3H3,(H,13,14). The third-order valence-electron chi connectivity index (χ3n) is 1.89. The van der Waals surface area contributed by atoms with Crippen molar-refractivity contribution in [3.63, 3.8) is 0 Å². The summed E-state index contributed by atoms with van der Waals surface area (Å²) in [7, 11) is 3.41. The minimum atomic E-state index is -0.927. The first-order chi connectivity index (χ1) is 7.41. The van der Waals surface area contributed by atoms with Crippen LogP contribution in [0.1, 0.15) is 16.6 Å². The molecule has 0 aliphatic rings. The number of thioether (sulfide) groups is 1. The summed E-state index contributed by atoms with van der Waals surface area (Å²) in [5.41, 5.74) is 0. The number of aromatic carboxylic acids is 1. The molecule has 1 heterocycles. The summed E-state index contributed by atoms with van der Waals surface area (Å²) in [5, 5.41) is 10.3. The van der Waals surface area contributed by atoms with E-state index in [2.05, 4.69) is 0 Å². The summed E-state index contributed by atoms with van der Waals surface area (Å²) in [6.45, 7) is 1.81. The fourth-order valence-corrected chi connectivity index (χ4v) is 3.06. The average molecular weight is 259 g/mol. The highest BCUT2D eigenvalue weighted by Crippen LogP contribution is 2.28. The fraction of sp³-hybridized carbons (Fsp3) is 0.400. The molecule has 0 aliphatic carbocycles. The Labute approximate surface area is 102 Å². The number of nitrogens with zero attached hydrogens (tertiary/aromatic N) is 1. The van der Waals surface area contributed by atoms with E-state index in [1.807, 2.05) is 6.92 Å². The van der Waals surface area contributed by atoms with Gasteiger partial charge in [0.15, 0.2) is 0 Å². The molecule has 0 fully saturated rings. The number of carboxylic acids is 1. The lowest BCUT2D eigenvalue weighted by molar-refractivity contribution is -0.127. The maximum atomic E-state index is 11.6. The Kier molecular flexibility index (Phi) is 4.37. The lowest BCUT2D eigenvalue weighted by Gasteiger charge is -2.15. The number of carboxylic acid groups (broad SMARTS) is 1. The van der Waals surface area contributed by atoms with Crippen LogP contribution in [-0.2, 0) is 4.79 Å². The first-order valence-electron chi connectivity index (χ1n) is 4.61. The van der Waals surface area contributed by atoms with E-state index in [1.165, 1.54) is 28.0 Å². The Bertz CT molecular complexity index is 401. The van der Waals surface area contributed by atoms with Gasteiger partial charge in [0.2, 0.25) is 5.91 Å². The molecule has 0 aromatic carbocycles. The van der Waals surface area contributed by atoms with Crippen molar-refractivity contribution in [2.75, 3.05) is 14.1 Å². The van der Waals surface area contributed by atoms with Crippen LogP contribution in [0.4, 0.5) is 0 Å². The molecule has 1 rings (SSSR count). The van der Waals surface area contributed by atoms with Crippen molar-refractivity contribution in [1.82, 2.24) is 4.90 Å². The highest BCUT2D eigenvalue weighted by Gasteiger charge is 2.17. The van der Waals surface area contributed by atoms with Gasteiger partial charge >= 0.3 is 5.97 Å². The van der Waals surface area contributed by atoms with E-state index < -0.39 is 5.97 Å². The zero-order chi connectivity index (χ0) is 12.3. The van der Waals surface area contributed by atoms with Gasteiger partial charge in [-0.3, -0.25) is 4.79 Å². The Hall–Kier alpha value is -1.01. The van der Waals surface area contributed by atoms with E-state index >= 15 is 0 Å². The number of rotatable bonds is 4. The highest BCUT2D eigenvalue weighted by molar-refractivity contribution is 8.00. The number of amides is 1. The summed E-state index contributed by atoms with van der Waals surface area (Å²) in [5.74, 6) is -0.906. The molecule has 0 aliphatic heterocycles. The van der Waals surface area contributed by atoms with Gasteiger partial charge in [-0.2, -0.15) is 0 Å². The second kappa shape index (κ2) is 5.36. The summed E-state index contributed by atoms with van der Waals surface area (Å²) >= 11 is 2.55. The summed E-state index contributed by atoms with van der Waals surface area (Å²) in [6, 6.07) is 1.59. The van der Waals surface area contributed by atoms with Gasteiger partial charge in [0.25, 0.3) is 0 Å². The second-order valence-corrected chi connectivity index (χ2v) is 5.77. The van der Waals surface area contributed by atoms with Crippen molar-refractivity contribution in [1.29, 1.82) is 0 Å². The minimum absolute atomic E-state index is 0.0214. The summed E-state index contributed by atoms with van der Waals surface area (Å²) < 4.78 is 0. The number of hydrogen-bond acceptors (Lipinski definition) is 4. The summed E-state index contributed by atoms with van der Waals surface area (Å²) in [6.07, 6.45) is 0. The first-order valence-corrected chi connectivity index (χ1v) is 6.37. The predicted octanol–water partition coefficient (Wildman–Crippen LogP) is 2.02. The smallest absolute Gasteiger partial charge is 0.345 e. The molecule has 4 nitrogen and oxygen atoms in total. The molecule has 0 radical (unpaired) electrons. The van der Waals surface area contributed by atoms with Gasteiger partial charge in [-0.05, 0) is 13.0 Å². The molecule has 1 amide bonds. The Morgan fingerprint density at radius 2 is 2.12 bits per heavy atom. The van der Waals surface area contributed by atoms with Crippen molar-refractivity contribution in [2.45, 2.75) is 17.1 Å². The second-order valence-electron chi connectivity index (χ2n) is 3.44. The van der Waals surface area contributed by atoms with Crippen molar-refractivity contribution in [2.24, 2.45) is 0 Å². The van der Waals surface area contributed by atoms with Crippen LogP contribution >= 0.6 is 23.1 Å². The van der Waals surface area contributed by atoms with E-state index in [0.717, 1.165) is 4.90 Å². The van der Waals surface area contributed by atoms with Gasteiger partial charge in [-0.1, -0.05) is 0 Å². The topological polar surface area (TPSA) is 57.6 Å². The van der Waals surface area contributed by atoms with E-state index in [4.69, 9.17) is 5.11 Å². The maximum Gasteiger partial charge on any atom is 0.345 e. The van der Waals surface area contributed by atoms with Gasteiger partial charge in [0.1, 0.15) is 4.88 Å². The fourth-order valence-electron chi connectivity index (χ4n) is 1.11. The van der Waals surface area contributed by atoms with Crippen molar-refractivity contribution in [3.8, 4) is 0 Å². The summed E-state index contributed by atoms with van der Waals surface area (Å²) in [4.78, 5) is 24.9. The Morgan fingerprint density at radius 3 is 2.56 bits per heavy atom. The normalized spacial score (nSPS) is 12.2. The van der Waals surface area contributed by atoms with E-state index in [1.54, 1.807) is 25.5 Å². The van der Waals surface area contributed by atoms with E-state index in [9.17, 15) is 9.59 Å². The van der Waals surface area contributed by atoms with Crippen LogP contribution in [0.15, 0.2) is 16.3 Å². The molecule has 1 aromatic heterocycles. The lowest BCUT2D eigenvalue weighted by atomic mass is 10.4. The molecule has 0 bridgehead atoms. The Balaban J connectivity index is 2.66. The maximum absolute atomic E-state index is 11.6. The van der Waals surface area contributed by atoms with Crippen LogP contribution in [0.3, 0.4) is 0 Å². The SMILES string of the molecule is CC(Sc1csc(C(=O)O)c1)C(=O)N(C)C. The van der Waals surface area contributed by atoms with E-state index in [0.29, 0.717) is 4.88 Å². The number of carbonyl (C=O) groups excluding carboxylic acids is 1. The molecule has 0 saturated heterocycles. The van der Waals surface area contributed by atoms with Gasteiger partial charge in [0.05, 0.1) is 5.25 Å². The van der Waals surface area contributed by atoms with Gasteiger partial charge in [0, 0.05) is 24.4 Å². The van der Waals surface area contributed by atoms with Gasteiger partial charge < -0.3 is 10.0 Å². The molecule has 0 saturated carbocycles. The zero-order valence-corrected chi connectivity index (χ0v) is 10.9. The molecule has 1 N–H and O–H groups in total. The third kappa shape index (κ3) is 3.24. The van der Waals surface area contributed by atoms with Crippen molar-refractivity contribution < 1.29 is 14.7 Å². The largest absolute Gasteiger partial charge is 0.477 e. The average Bonchev–Trinajstić information content (AvgIpc) is 2.64. The Morgan fingerprint density at radius 1 is 1.50 bits per heavy atom. The van der Waals surface area contributed by atoms with Crippen LogP contribution in [0.2, 0.25) is 0 Å². The number of hydrogen-bond donors (Lipinski definition) is 1. The molecule has 6 heteroatoms. The van der Waals surface area contributed by atoms with Gasteiger partial charge in [-0.25, -0.2) is 4.79 Å². The molecule has 1 atom stereocenters. The van der Waals surface area contributed by atoms with Crippen molar-refractivity contribution >= 4 is 35.0 Å². The highest BCUT2D eigenvalue weighted by atomic mass is 32.2. The number of thiophene rings is 1. The molecule has 1 unspecified atom stereocenters. The van der Waals surface area contributed by atoms with Crippen LogP contribution in [0.25, 0.3) is 0 Å². The molecular weight excluding hydrogens is 246 g/mol. The van der Waals surface area contributed by atoms with E-state index in [-0.39, 0.29) is 11.2 Å². The molecule has 16 heavy (non-hydrogen) atoms. The van der Waals surface area contributed by atoms with Gasteiger partial charge in [-0.15, -0.1) is 23.1 Å². The van der Waals surface area contributed by atoms with Crippen LogP contribution in [-0.4, -0.2) is 41.2 Å². The van der Waals surface area contributed by atoms with Crippen molar-refractivity contribution in [3.05, 3.63) is 16.3 Å². The zero-order valence-electron chi connectivity index (χ0n) is 9.26. The molecule has 0 spiro atoms. The molecular formula is C10H13NO3S2. The molecule has 1 aromatic rings. The number of carbonyl (C=O) groups is 2. The van der Waals surface area contributed by atoms with Crippen LogP contribution in [0.5, 0.6) is 0 Å². The quantitative estimate of drug-likeness (QED) is 0.840. The van der Waals surface area contributed by atoms with Crippen LogP contribution < -0.4 is 0 Å².